The summed E-state index contributed by atoms with van der Waals surface area (Å²) in [6, 6.07) is 140. The summed E-state index contributed by atoms with van der Waals surface area (Å²) in [6.45, 7) is 9.48. The summed E-state index contributed by atoms with van der Waals surface area (Å²) in [6.07, 6.45) is 0. The van der Waals surface area contributed by atoms with E-state index in [0.29, 0.717) is 0 Å². The van der Waals surface area contributed by atoms with Crippen LogP contribution in [0.5, 0.6) is 0 Å². The molecular formula is C116H74N2O2S4. The van der Waals surface area contributed by atoms with Gasteiger partial charge in [-0.15, -0.1) is 22.7 Å². The van der Waals surface area contributed by atoms with Crippen molar-refractivity contribution in [1.29, 1.82) is 0 Å². The van der Waals surface area contributed by atoms with Crippen molar-refractivity contribution < 1.29 is 8.83 Å². The number of hydrogen-bond donors (Lipinski definition) is 0. The van der Waals surface area contributed by atoms with Crippen LogP contribution in [0, 0.1) is 0 Å². The van der Waals surface area contributed by atoms with Gasteiger partial charge in [0.05, 0.1) is 49.1 Å². The molecule has 22 aromatic rings. The van der Waals surface area contributed by atoms with E-state index in [4.69, 9.17) is 8.83 Å². The molecule has 0 amide bonds. The van der Waals surface area contributed by atoms with Crippen molar-refractivity contribution >= 4 is 165 Å². The highest BCUT2D eigenvalue weighted by molar-refractivity contribution is 7.99. The molecule has 6 heterocycles. The fraction of sp³-hybridized carbons (Fsp3) is 0.0690. The minimum absolute atomic E-state index is 0.143. The van der Waals surface area contributed by atoms with Crippen LogP contribution in [0.25, 0.3) is 129 Å². The first-order valence-electron chi connectivity index (χ1n) is 42.8. The molecule has 4 aliphatic carbocycles. The van der Waals surface area contributed by atoms with Crippen LogP contribution in [0.3, 0.4) is 0 Å². The maximum atomic E-state index is 7.11. The van der Waals surface area contributed by atoms with Crippen LogP contribution in [-0.2, 0) is 21.7 Å². The summed E-state index contributed by atoms with van der Waals surface area (Å²) < 4.78 is 19.4. The molecule has 8 heteroatoms. The van der Waals surface area contributed by atoms with Crippen molar-refractivity contribution in [2.75, 3.05) is 9.80 Å². The van der Waals surface area contributed by atoms with E-state index in [1.54, 1.807) is 0 Å². The minimum atomic E-state index is -0.475. The van der Waals surface area contributed by atoms with E-state index in [9.17, 15) is 0 Å². The number of thiophene rings is 2. The van der Waals surface area contributed by atoms with Gasteiger partial charge in [0.2, 0.25) is 0 Å². The van der Waals surface area contributed by atoms with Crippen molar-refractivity contribution in [3.05, 3.63) is 443 Å². The lowest BCUT2D eigenvalue weighted by Crippen LogP contribution is -2.31. The molecule has 0 N–H and O–H groups in total. The van der Waals surface area contributed by atoms with Crippen LogP contribution in [-0.4, -0.2) is 0 Å². The largest absolute Gasteiger partial charge is 0.456 e. The molecule has 0 saturated heterocycles. The standard InChI is InChI=1S/2C58H37NOS2/c1-57(2)41-18-6-4-17-38(41)55-45(57)22-13-23-47(55)59(34-29-30-37-36-16-5-10-26-51(36)61-54(37)31-34)48-24-14-25-49-56(48)40-32-39-35-15-3-7-19-42(35)58(46(39)33-50(40)60-49)43-20-8-11-27-52(43)62-53-28-12-9-21-44(53)58;1-57(2)42-19-6-3-15-35(42)37-30-29-34(31-46(37)57)59(49-24-13-18-39-38-17-5-10-26-52(38)62-56(39)49)48-23-14-25-50-55(48)41-32-40-36-16-4-7-20-43(36)58(47(40)33-51(41)60-50)44-21-8-11-27-53(44)61-54-28-12-9-22-45(54)58/h2*3-33H,1-2H3. The molecule has 0 atom stereocenters. The summed E-state index contributed by atoms with van der Waals surface area (Å²) in [7, 11) is 0. The number of furan rings is 2. The van der Waals surface area contributed by atoms with Crippen LogP contribution >= 0.6 is 46.2 Å². The normalized spacial score (nSPS) is 14.8. The maximum absolute atomic E-state index is 7.11. The molecule has 584 valence electrons. The average Bonchev–Trinajstić information content (AvgIpc) is 1.51. The molecule has 0 bridgehead atoms. The van der Waals surface area contributed by atoms with Gasteiger partial charge in [-0.05, 0) is 227 Å². The van der Waals surface area contributed by atoms with Gasteiger partial charge in [0.1, 0.15) is 22.3 Å². The highest BCUT2D eigenvalue weighted by atomic mass is 32.2. The number of anilines is 6. The van der Waals surface area contributed by atoms with Gasteiger partial charge < -0.3 is 18.6 Å². The van der Waals surface area contributed by atoms with Crippen molar-refractivity contribution in [3.8, 4) is 44.5 Å². The molecule has 2 aliphatic heterocycles. The summed E-state index contributed by atoms with van der Waals surface area (Å²) >= 11 is 7.50. The Morgan fingerprint density at radius 1 is 0.226 bits per heavy atom. The van der Waals surface area contributed by atoms with E-state index < -0.39 is 10.8 Å². The predicted molar refractivity (Wildman–Crippen MR) is 521 cm³/mol. The number of benzene rings is 18. The Bertz CT molecular complexity index is 8360. The molecule has 18 aromatic carbocycles. The lowest BCUT2D eigenvalue weighted by atomic mass is 9.67. The quantitative estimate of drug-likeness (QED) is 0.165. The second-order valence-electron chi connectivity index (χ2n) is 35.0. The monoisotopic (exact) mass is 1650 g/mol. The highest BCUT2D eigenvalue weighted by Gasteiger charge is 2.53. The number of nitrogens with zero attached hydrogens (tertiary/aromatic N) is 2. The molecule has 124 heavy (non-hydrogen) atoms. The van der Waals surface area contributed by atoms with Crippen molar-refractivity contribution in [2.24, 2.45) is 0 Å². The number of fused-ring (bicyclic) bond motifs is 36. The molecular weight excluding hydrogens is 1580 g/mol. The lowest BCUT2D eigenvalue weighted by molar-refractivity contribution is 0.660. The zero-order chi connectivity index (χ0) is 81.8. The fourth-order valence-electron chi connectivity index (χ4n) is 23.0. The van der Waals surface area contributed by atoms with Gasteiger partial charge in [-0.2, -0.15) is 0 Å². The van der Waals surface area contributed by atoms with Crippen molar-refractivity contribution in [3.63, 3.8) is 0 Å². The predicted octanol–water partition coefficient (Wildman–Crippen LogP) is 33.1. The topological polar surface area (TPSA) is 32.8 Å². The van der Waals surface area contributed by atoms with E-state index in [0.717, 1.165) is 72.3 Å². The summed E-state index contributed by atoms with van der Waals surface area (Å²) in [4.78, 5) is 10.2. The van der Waals surface area contributed by atoms with Crippen molar-refractivity contribution in [1.82, 2.24) is 0 Å². The van der Waals surface area contributed by atoms with Crippen molar-refractivity contribution in [2.45, 2.75) is 68.9 Å². The molecule has 4 nitrogen and oxygen atoms in total. The van der Waals surface area contributed by atoms with Crippen LogP contribution in [0.15, 0.2) is 405 Å². The molecule has 28 rings (SSSR count). The SMILES string of the molecule is CC1(C)c2ccccc2-c2c(N(c3ccc4c(c3)sc3ccccc34)c3cccc4oc5cc6c(cc5c34)-c3ccccc3C63c4ccccc4Sc4ccccc43)cccc21.CC1(C)c2ccccc2-c2ccc(N(c3cccc4c3sc3ccccc34)c3cccc4oc5cc6c(cc5c34)-c3ccccc3C63c4ccccc4Sc4ccccc43)cc21. The third-order valence-corrected chi connectivity index (χ3v) is 32.9. The zero-order valence-electron chi connectivity index (χ0n) is 68.1. The lowest BCUT2D eigenvalue weighted by Gasteiger charge is -2.39. The second-order valence-corrected chi connectivity index (χ2v) is 39.3. The van der Waals surface area contributed by atoms with Gasteiger partial charge in [-0.25, -0.2) is 0 Å². The highest BCUT2D eigenvalue weighted by Crippen LogP contribution is 2.67. The molecule has 0 saturated carbocycles. The van der Waals surface area contributed by atoms with Gasteiger partial charge in [-0.3, -0.25) is 0 Å². The van der Waals surface area contributed by atoms with E-state index in [-0.39, 0.29) is 10.8 Å². The third-order valence-electron chi connectivity index (χ3n) is 28.3. The Hall–Kier alpha value is -13.7. The Balaban J connectivity index is 0.000000130. The average molecular weight is 1660 g/mol. The Morgan fingerprint density at radius 2 is 0.605 bits per heavy atom. The van der Waals surface area contributed by atoms with Gasteiger partial charge >= 0.3 is 0 Å². The molecule has 6 aliphatic rings. The van der Waals surface area contributed by atoms with E-state index in [1.165, 1.54) is 177 Å². The number of rotatable bonds is 6. The summed E-state index contributed by atoms with van der Waals surface area (Å²) in [5, 5.41) is 9.63. The van der Waals surface area contributed by atoms with Gasteiger partial charge in [0.25, 0.3) is 0 Å². The van der Waals surface area contributed by atoms with Crippen LogP contribution in [0.2, 0.25) is 0 Å². The third kappa shape index (κ3) is 9.50. The first-order chi connectivity index (χ1) is 61.0. The van der Waals surface area contributed by atoms with E-state index in [1.807, 2.05) is 46.2 Å². The Labute approximate surface area is 733 Å². The minimum Gasteiger partial charge on any atom is -0.456 e. The van der Waals surface area contributed by atoms with Gasteiger partial charge in [0, 0.05) is 93.8 Å². The van der Waals surface area contributed by atoms with Gasteiger partial charge in [-0.1, -0.05) is 306 Å². The molecule has 0 unspecified atom stereocenters. The smallest absolute Gasteiger partial charge is 0.137 e. The molecule has 4 aromatic heterocycles. The van der Waals surface area contributed by atoms with Crippen LogP contribution in [0.4, 0.5) is 34.1 Å². The maximum Gasteiger partial charge on any atom is 0.137 e. The molecule has 2 spiro atoms. The van der Waals surface area contributed by atoms with E-state index >= 15 is 0 Å². The molecule has 0 radical (unpaired) electrons. The Kier molecular flexibility index (Phi) is 14.8. The number of hydrogen-bond acceptors (Lipinski definition) is 8. The zero-order valence-corrected chi connectivity index (χ0v) is 71.4. The Morgan fingerprint density at radius 3 is 1.17 bits per heavy atom. The second kappa shape index (κ2) is 25.9. The molecule has 0 fully saturated rings. The fourth-order valence-corrected chi connectivity index (χ4v) is 27.7. The van der Waals surface area contributed by atoms with E-state index in [2.05, 4.69) is 414 Å². The first kappa shape index (κ1) is 70.9. The first-order valence-corrected chi connectivity index (χ1v) is 46.1. The summed E-state index contributed by atoms with van der Waals surface area (Å²) in [5.41, 5.74) is 35.4. The van der Waals surface area contributed by atoms with Gasteiger partial charge in [0.15, 0.2) is 0 Å². The van der Waals surface area contributed by atoms with Crippen LogP contribution < -0.4 is 9.80 Å². The summed E-state index contributed by atoms with van der Waals surface area (Å²) in [5.74, 6) is 0. The van der Waals surface area contributed by atoms with Crippen LogP contribution in [0.1, 0.15) is 94.5 Å².